The lowest BCUT2D eigenvalue weighted by atomic mass is 9.93. The van der Waals surface area contributed by atoms with Crippen molar-refractivity contribution in [2.45, 2.75) is 20.8 Å². The lowest BCUT2D eigenvalue weighted by Gasteiger charge is -2.16. The van der Waals surface area contributed by atoms with Gasteiger partial charge < -0.3 is 4.57 Å². The number of aryl methyl sites for hydroxylation is 3. The predicted octanol–water partition coefficient (Wildman–Crippen LogP) is 12.4. The van der Waals surface area contributed by atoms with E-state index in [9.17, 15) is 4.39 Å². The highest BCUT2D eigenvalue weighted by Gasteiger charge is 2.20. The van der Waals surface area contributed by atoms with Crippen LogP contribution in [0.25, 0.3) is 83.9 Å². The molecule has 4 nitrogen and oxygen atoms in total. The van der Waals surface area contributed by atoms with Crippen LogP contribution >= 0.6 is 0 Å². The molecule has 0 radical (unpaired) electrons. The van der Waals surface area contributed by atoms with Crippen molar-refractivity contribution in [2.75, 3.05) is 0 Å². The number of fused-ring (bicyclic) bond motifs is 3. The van der Waals surface area contributed by atoms with Gasteiger partial charge >= 0.3 is 0 Å². The summed E-state index contributed by atoms with van der Waals surface area (Å²) < 4.78 is 17.1. The second-order valence-electron chi connectivity index (χ2n) is 13.6. The van der Waals surface area contributed by atoms with Gasteiger partial charge in [0.25, 0.3) is 0 Å². The highest BCUT2D eigenvalue weighted by molar-refractivity contribution is 6.10. The third-order valence-corrected chi connectivity index (χ3v) is 9.98. The highest BCUT2D eigenvalue weighted by Crippen LogP contribution is 2.40. The van der Waals surface area contributed by atoms with Crippen molar-refractivity contribution in [1.82, 2.24) is 19.5 Å². The number of rotatable bonds is 6. The number of nitrogens with zero attached hydrogens (tertiary/aromatic N) is 4. The normalized spacial score (nSPS) is 11.4. The molecule has 5 heteroatoms. The molecule has 0 fully saturated rings. The molecule has 0 unspecified atom stereocenters. The van der Waals surface area contributed by atoms with Crippen LogP contribution in [0.5, 0.6) is 0 Å². The Hall–Kier alpha value is -6.72. The second kappa shape index (κ2) is 13.1. The first kappa shape index (κ1) is 32.2. The Balaban J connectivity index is 1.33. The molecule has 0 amide bonds. The average molecular weight is 687 g/mol. The average Bonchev–Trinajstić information content (AvgIpc) is 3.51. The second-order valence-corrected chi connectivity index (χ2v) is 13.6. The summed E-state index contributed by atoms with van der Waals surface area (Å²) in [4.78, 5) is 15.2. The number of aromatic nitrogens is 4. The Bertz CT molecular complexity index is 2740. The van der Waals surface area contributed by atoms with E-state index >= 15 is 0 Å². The summed E-state index contributed by atoms with van der Waals surface area (Å²) in [7, 11) is 0. The van der Waals surface area contributed by atoms with Crippen LogP contribution in [0.15, 0.2) is 158 Å². The molecule has 254 valence electrons. The fraction of sp³-hybridized carbons (Fsp3) is 0.0625. The van der Waals surface area contributed by atoms with Crippen molar-refractivity contribution < 1.29 is 4.39 Å². The molecular formula is C48H35FN4. The fourth-order valence-electron chi connectivity index (χ4n) is 7.73. The van der Waals surface area contributed by atoms with Crippen LogP contribution in [0.1, 0.15) is 16.7 Å². The van der Waals surface area contributed by atoms with E-state index in [4.69, 9.17) is 15.0 Å². The van der Waals surface area contributed by atoms with Crippen LogP contribution in [0.4, 0.5) is 4.39 Å². The Morgan fingerprint density at radius 2 is 1.04 bits per heavy atom. The van der Waals surface area contributed by atoms with Gasteiger partial charge in [0.2, 0.25) is 0 Å². The monoisotopic (exact) mass is 686 g/mol. The maximum Gasteiger partial charge on any atom is 0.164 e. The molecule has 0 atom stereocenters. The van der Waals surface area contributed by atoms with Crippen molar-refractivity contribution in [1.29, 1.82) is 0 Å². The minimum Gasteiger partial charge on any atom is -0.309 e. The molecule has 9 aromatic rings. The molecule has 0 aliphatic carbocycles. The van der Waals surface area contributed by atoms with E-state index in [0.29, 0.717) is 17.5 Å². The smallest absolute Gasteiger partial charge is 0.164 e. The zero-order valence-electron chi connectivity index (χ0n) is 29.7. The molecule has 0 saturated carbocycles. The summed E-state index contributed by atoms with van der Waals surface area (Å²) in [5.41, 5.74) is 13.4. The quantitative estimate of drug-likeness (QED) is 0.175. The van der Waals surface area contributed by atoms with Crippen LogP contribution in [0, 0.1) is 26.6 Å². The summed E-state index contributed by atoms with van der Waals surface area (Å²) in [5, 5.41) is 2.33. The third kappa shape index (κ3) is 5.86. The van der Waals surface area contributed by atoms with Crippen molar-refractivity contribution in [3.05, 3.63) is 180 Å². The van der Waals surface area contributed by atoms with Crippen LogP contribution in [-0.2, 0) is 0 Å². The van der Waals surface area contributed by atoms with E-state index in [1.54, 1.807) is 12.1 Å². The number of hydrogen-bond acceptors (Lipinski definition) is 3. The zero-order valence-corrected chi connectivity index (χ0v) is 29.7. The molecule has 0 aliphatic rings. The molecule has 0 bridgehead atoms. The Kier molecular flexibility index (Phi) is 7.97. The Morgan fingerprint density at radius 3 is 1.72 bits per heavy atom. The van der Waals surface area contributed by atoms with E-state index < -0.39 is 0 Å². The Morgan fingerprint density at radius 1 is 0.434 bits per heavy atom. The lowest BCUT2D eigenvalue weighted by Crippen LogP contribution is -2.02. The maximum atomic E-state index is 14.8. The van der Waals surface area contributed by atoms with E-state index in [-0.39, 0.29) is 5.82 Å². The van der Waals surface area contributed by atoms with Gasteiger partial charge in [0.05, 0.1) is 11.0 Å². The number of para-hydroxylation sites is 1. The van der Waals surface area contributed by atoms with Gasteiger partial charge in [-0.05, 0) is 90.6 Å². The van der Waals surface area contributed by atoms with E-state index in [2.05, 4.69) is 98.1 Å². The van der Waals surface area contributed by atoms with Gasteiger partial charge in [0.1, 0.15) is 5.82 Å². The van der Waals surface area contributed by atoms with Gasteiger partial charge in [0.15, 0.2) is 17.5 Å². The largest absolute Gasteiger partial charge is 0.309 e. The first-order valence-electron chi connectivity index (χ1n) is 17.8. The topological polar surface area (TPSA) is 43.6 Å². The van der Waals surface area contributed by atoms with E-state index in [0.717, 1.165) is 44.5 Å². The van der Waals surface area contributed by atoms with Crippen LogP contribution in [0.2, 0.25) is 0 Å². The summed E-state index contributed by atoms with van der Waals surface area (Å²) >= 11 is 0. The molecule has 0 N–H and O–H groups in total. The van der Waals surface area contributed by atoms with Crippen molar-refractivity contribution in [2.24, 2.45) is 0 Å². The van der Waals surface area contributed by atoms with Gasteiger partial charge in [-0.3, -0.25) is 0 Å². The number of halogens is 1. The van der Waals surface area contributed by atoms with Gasteiger partial charge in [-0.15, -0.1) is 0 Å². The molecule has 0 spiro atoms. The van der Waals surface area contributed by atoms with Gasteiger partial charge in [-0.2, -0.15) is 0 Å². The van der Waals surface area contributed by atoms with E-state index in [1.807, 2.05) is 66.7 Å². The SMILES string of the molecule is Cc1cc(C)c(-c2ccc3c4ccccc4n(-c4ccc(-c5cccc(F)c5)c(-c5nc(-c6ccccc6)nc(-c6ccccc6)n5)c4)c3c2)c(C)c1. The molecule has 53 heavy (non-hydrogen) atoms. The molecular weight excluding hydrogens is 652 g/mol. The van der Waals surface area contributed by atoms with E-state index in [1.165, 1.54) is 44.7 Å². The van der Waals surface area contributed by atoms with Crippen LogP contribution < -0.4 is 0 Å². The van der Waals surface area contributed by atoms with Gasteiger partial charge in [-0.25, -0.2) is 19.3 Å². The maximum absolute atomic E-state index is 14.8. The molecule has 0 saturated heterocycles. The van der Waals surface area contributed by atoms with Gasteiger partial charge in [0, 0.05) is 33.2 Å². The summed E-state index contributed by atoms with van der Waals surface area (Å²) in [6.45, 7) is 6.53. The van der Waals surface area contributed by atoms with Crippen LogP contribution in [-0.4, -0.2) is 19.5 Å². The zero-order chi connectivity index (χ0) is 36.1. The minimum absolute atomic E-state index is 0.306. The highest BCUT2D eigenvalue weighted by atomic mass is 19.1. The number of benzene rings is 7. The molecule has 2 aromatic heterocycles. The third-order valence-electron chi connectivity index (χ3n) is 9.98. The summed E-state index contributed by atoms with van der Waals surface area (Å²) in [6, 6.07) is 52.7. The molecule has 2 heterocycles. The van der Waals surface area contributed by atoms with Crippen molar-refractivity contribution in [3.63, 3.8) is 0 Å². The van der Waals surface area contributed by atoms with Crippen LogP contribution in [0.3, 0.4) is 0 Å². The number of hydrogen-bond donors (Lipinski definition) is 0. The van der Waals surface area contributed by atoms with Crippen molar-refractivity contribution in [3.8, 4) is 62.1 Å². The first-order valence-corrected chi connectivity index (χ1v) is 17.8. The summed E-state index contributed by atoms with van der Waals surface area (Å²) in [6.07, 6.45) is 0. The Labute approximate surface area is 307 Å². The molecule has 9 rings (SSSR count). The van der Waals surface area contributed by atoms with Gasteiger partial charge in [-0.1, -0.05) is 127 Å². The lowest BCUT2D eigenvalue weighted by molar-refractivity contribution is 0.628. The minimum atomic E-state index is -0.306. The molecule has 7 aromatic carbocycles. The fourth-order valence-corrected chi connectivity index (χ4v) is 7.73. The first-order chi connectivity index (χ1) is 25.9. The van der Waals surface area contributed by atoms with Crippen molar-refractivity contribution >= 4 is 21.8 Å². The summed E-state index contributed by atoms with van der Waals surface area (Å²) in [5.74, 6) is 1.33. The molecule has 0 aliphatic heterocycles. The predicted molar refractivity (Wildman–Crippen MR) is 216 cm³/mol. The standard InChI is InChI=1S/C48H35FN4/c1-30-25-31(2)45(32(3)26-30)36-21-23-41-40-19-10-11-20-43(40)53(44(41)28-36)38-22-24-39(35-17-12-18-37(49)27-35)42(29-38)48-51-46(33-13-6-4-7-14-33)50-47(52-48)34-15-8-5-9-16-34/h4-29H,1-3H3.